The molecule has 0 aromatic carbocycles. The number of hydrogen-bond acceptors (Lipinski definition) is 2. The van der Waals surface area contributed by atoms with Gasteiger partial charge in [0, 0.05) is 5.92 Å². The normalized spacial score (nSPS) is 14.2. The molecule has 13 heavy (non-hydrogen) atoms. The van der Waals surface area contributed by atoms with Crippen molar-refractivity contribution in [3.63, 3.8) is 0 Å². The Morgan fingerprint density at radius 1 is 1.46 bits per heavy atom. The molecule has 0 rings (SSSR count). The molecule has 0 saturated carbocycles. The van der Waals surface area contributed by atoms with Gasteiger partial charge in [-0.25, -0.2) is 0 Å². The van der Waals surface area contributed by atoms with E-state index in [4.69, 9.17) is 4.74 Å². The van der Waals surface area contributed by atoms with Gasteiger partial charge in [-0.3, -0.25) is 0 Å². The number of rotatable bonds is 7. The number of hydrogen-bond donors (Lipinski definition) is 0. The molecule has 0 bridgehead atoms. The molecule has 0 radical (unpaired) electrons. The minimum atomic E-state index is -0.0761. The molecule has 1 unspecified atom stereocenters. The van der Waals surface area contributed by atoms with Gasteiger partial charge in [0.25, 0.3) is 0 Å². The van der Waals surface area contributed by atoms with Gasteiger partial charge in [0.15, 0.2) is 0 Å². The van der Waals surface area contributed by atoms with E-state index in [9.17, 15) is 4.79 Å². The average molecular weight is 186 g/mol. The van der Waals surface area contributed by atoms with Crippen LogP contribution >= 0.6 is 0 Å². The third-order valence-electron chi connectivity index (χ3n) is 2.10. The minimum Gasteiger partial charge on any atom is -0.375 e. The van der Waals surface area contributed by atoms with E-state index in [0.29, 0.717) is 6.61 Å². The van der Waals surface area contributed by atoms with Crippen LogP contribution in [0.4, 0.5) is 0 Å². The largest absolute Gasteiger partial charge is 0.375 e. The van der Waals surface area contributed by atoms with Crippen molar-refractivity contribution in [3.8, 4) is 0 Å². The maximum atomic E-state index is 10.4. The van der Waals surface area contributed by atoms with Crippen LogP contribution < -0.4 is 0 Å². The highest BCUT2D eigenvalue weighted by molar-refractivity contribution is 5.52. The summed E-state index contributed by atoms with van der Waals surface area (Å²) in [5, 5.41) is 0. The first kappa shape index (κ1) is 12.6. The number of carbonyl (C=O) groups excluding carboxylic acids is 1. The standard InChI is InChI=1S/C11H22O2/c1-5-6-7-11(3,4)13-9-10(2)8-12/h8,10H,5-7,9H2,1-4H3. The van der Waals surface area contributed by atoms with E-state index >= 15 is 0 Å². The molecule has 0 aromatic heterocycles. The summed E-state index contributed by atoms with van der Waals surface area (Å²) < 4.78 is 5.65. The number of carbonyl (C=O) groups is 1. The van der Waals surface area contributed by atoms with E-state index in [0.717, 1.165) is 12.7 Å². The second-order valence-electron chi connectivity index (χ2n) is 4.29. The molecule has 0 heterocycles. The van der Waals surface area contributed by atoms with Crippen LogP contribution in [-0.4, -0.2) is 18.5 Å². The quantitative estimate of drug-likeness (QED) is 0.571. The van der Waals surface area contributed by atoms with Gasteiger partial charge in [-0.1, -0.05) is 26.7 Å². The lowest BCUT2D eigenvalue weighted by Gasteiger charge is -2.26. The van der Waals surface area contributed by atoms with Gasteiger partial charge >= 0.3 is 0 Å². The second kappa shape index (κ2) is 6.14. The van der Waals surface area contributed by atoms with E-state index in [1.54, 1.807) is 0 Å². The van der Waals surface area contributed by atoms with Gasteiger partial charge in [-0.2, -0.15) is 0 Å². The molecule has 2 heteroatoms. The number of aldehydes is 1. The summed E-state index contributed by atoms with van der Waals surface area (Å²) >= 11 is 0. The van der Waals surface area contributed by atoms with E-state index in [-0.39, 0.29) is 11.5 Å². The van der Waals surface area contributed by atoms with Crippen molar-refractivity contribution in [2.24, 2.45) is 5.92 Å². The summed E-state index contributed by atoms with van der Waals surface area (Å²) in [6.07, 6.45) is 4.38. The molecule has 0 aliphatic heterocycles. The SMILES string of the molecule is CCCCC(C)(C)OCC(C)C=O. The Kier molecular flexibility index (Phi) is 5.97. The fourth-order valence-electron chi connectivity index (χ4n) is 1.07. The molecule has 0 saturated heterocycles. The molecule has 0 aliphatic rings. The van der Waals surface area contributed by atoms with Crippen molar-refractivity contribution in [1.29, 1.82) is 0 Å². The first-order chi connectivity index (χ1) is 6.02. The topological polar surface area (TPSA) is 26.3 Å². The molecule has 0 N–H and O–H groups in total. The van der Waals surface area contributed by atoms with E-state index in [1.807, 2.05) is 6.92 Å². The molecular weight excluding hydrogens is 164 g/mol. The first-order valence-electron chi connectivity index (χ1n) is 5.11. The van der Waals surface area contributed by atoms with Gasteiger partial charge in [-0.15, -0.1) is 0 Å². The van der Waals surface area contributed by atoms with E-state index < -0.39 is 0 Å². The van der Waals surface area contributed by atoms with Crippen LogP contribution in [-0.2, 0) is 9.53 Å². The zero-order chi connectivity index (χ0) is 10.3. The van der Waals surface area contributed by atoms with Crippen molar-refractivity contribution >= 4 is 6.29 Å². The van der Waals surface area contributed by atoms with Crippen molar-refractivity contribution in [3.05, 3.63) is 0 Å². The highest BCUT2D eigenvalue weighted by Gasteiger charge is 2.18. The van der Waals surface area contributed by atoms with Crippen LogP contribution in [0.5, 0.6) is 0 Å². The van der Waals surface area contributed by atoms with Crippen molar-refractivity contribution in [1.82, 2.24) is 0 Å². The molecule has 0 amide bonds. The summed E-state index contributed by atoms with van der Waals surface area (Å²) in [4.78, 5) is 10.4. The lowest BCUT2D eigenvalue weighted by atomic mass is 10.0. The van der Waals surface area contributed by atoms with E-state index in [1.165, 1.54) is 12.8 Å². The van der Waals surface area contributed by atoms with Gasteiger partial charge in [-0.05, 0) is 20.3 Å². The Morgan fingerprint density at radius 3 is 2.54 bits per heavy atom. The Bertz CT molecular complexity index is 141. The van der Waals surface area contributed by atoms with Crippen LogP contribution in [0, 0.1) is 5.92 Å². The maximum Gasteiger partial charge on any atom is 0.125 e. The van der Waals surface area contributed by atoms with Crippen molar-refractivity contribution in [2.75, 3.05) is 6.61 Å². The van der Waals surface area contributed by atoms with Crippen molar-refractivity contribution < 1.29 is 9.53 Å². The number of ether oxygens (including phenoxy) is 1. The van der Waals surface area contributed by atoms with Crippen LogP contribution in [0.3, 0.4) is 0 Å². The average Bonchev–Trinajstić information content (AvgIpc) is 2.11. The van der Waals surface area contributed by atoms with Gasteiger partial charge < -0.3 is 9.53 Å². The zero-order valence-electron chi connectivity index (χ0n) is 9.30. The molecular formula is C11H22O2. The van der Waals surface area contributed by atoms with Crippen LogP contribution in [0.25, 0.3) is 0 Å². The summed E-state index contributed by atoms with van der Waals surface area (Å²) in [6.45, 7) is 8.76. The Hall–Kier alpha value is -0.370. The highest BCUT2D eigenvalue weighted by Crippen LogP contribution is 2.18. The highest BCUT2D eigenvalue weighted by atomic mass is 16.5. The second-order valence-corrected chi connectivity index (χ2v) is 4.29. The molecule has 0 spiro atoms. The summed E-state index contributed by atoms with van der Waals surface area (Å²) in [5.74, 6) is 0.0147. The Morgan fingerprint density at radius 2 is 2.08 bits per heavy atom. The number of unbranched alkanes of at least 4 members (excludes halogenated alkanes) is 1. The predicted molar refractivity (Wildman–Crippen MR) is 54.8 cm³/mol. The summed E-state index contributed by atoms with van der Waals surface area (Å²) in [6, 6.07) is 0. The summed E-state index contributed by atoms with van der Waals surface area (Å²) in [5.41, 5.74) is -0.0761. The van der Waals surface area contributed by atoms with Gasteiger partial charge in [0.2, 0.25) is 0 Å². The molecule has 0 fully saturated rings. The Balaban J connectivity index is 3.67. The third kappa shape index (κ3) is 6.76. The Labute approximate surface area is 81.7 Å². The minimum absolute atomic E-state index is 0.0147. The zero-order valence-corrected chi connectivity index (χ0v) is 9.30. The monoisotopic (exact) mass is 186 g/mol. The predicted octanol–water partition coefficient (Wildman–Crippen LogP) is 2.81. The molecule has 0 aromatic rings. The fraction of sp³-hybridized carbons (Fsp3) is 0.909. The smallest absolute Gasteiger partial charge is 0.125 e. The lowest BCUT2D eigenvalue weighted by Crippen LogP contribution is -2.27. The van der Waals surface area contributed by atoms with Crippen molar-refractivity contribution in [2.45, 2.75) is 52.6 Å². The molecule has 1 atom stereocenters. The van der Waals surface area contributed by atoms with Gasteiger partial charge in [0.1, 0.15) is 6.29 Å². The van der Waals surface area contributed by atoms with Crippen LogP contribution in [0.15, 0.2) is 0 Å². The summed E-state index contributed by atoms with van der Waals surface area (Å²) in [7, 11) is 0. The lowest BCUT2D eigenvalue weighted by molar-refractivity contribution is -0.115. The van der Waals surface area contributed by atoms with E-state index in [2.05, 4.69) is 20.8 Å². The molecule has 78 valence electrons. The van der Waals surface area contributed by atoms with Crippen LogP contribution in [0.1, 0.15) is 47.0 Å². The van der Waals surface area contributed by atoms with Crippen LogP contribution in [0.2, 0.25) is 0 Å². The maximum absolute atomic E-state index is 10.4. The fourth-order valence-corrected chi connectivity index (χ4v) is 1.07. The van der Waals surface area contributed by atoms with Gasteiger partial charge in [0.05, 0.1) is 12.2 Å². The molecule has 0 aliphatic carbocycles. The first-order valence-corrected chi connectivity index (χ1v) is 5.11. The molecule has 2 nitrogen and oxygen atoms in total. The third-order valence-corrected chi connectivity index (χ3v) is 2.10.